The summed E-state index contributed by atoms with van der Waals surface area (Å²) >= 11 is 0. The van der Waals surface area contributed by atoms with Gasteiger partial charge in [-0.15, -0.1) is 0 Å². The van der Waals surface area contributed by atoms with Gasteiger partial charge in [-0.05, 0) is 6.07 Å². The Kier molecular flexibility index (Phi) is 2.89. The van der Waals surface area contributed by atoms with Crippen LogP contribution in [0.2, 0.25) is 0 Å². The normalized spacial score (nSPS) is 11.1. The van der Waals surface area contributed by atoms with Crippen molar-refractivity contribution in [3.8, 4) is 0 Å². The molecule has 2 aromatic rings. The fraction of sp³-hybridized carbons (Fsp3) is 0.182. The minimum absolute atomic E-state index is 0.00144. The molecule has 0 aliphatic carbocycles. The maximum atomic E-state index is 13.5. The van der Waals surface area contributed by atoms with Crippen molar-refractivity contribution in [1.82, 2.24) is 4.98 Å². The van der Waals surface area contributed by atoms with E-state index in [2.05, 4.69) is 4.98 Å². The van der Waals surface area contributed by atoms with E-state index in [4.69, 9.17) is 10.5 Å². The summed E-state index contributed by atoms with van der Waals surface area (Å²) in [6, 6.07) is 1.82. The van der Waals surface area contributed by atoms with Crippen molar-refractivity contribution in [2.75, 3.05) is 12.8 Å². The smallest absolute Gasteiger partial charge is 0.185 e. The number of aromatic nitrogens is 1. The highest BCUT2D eigenvalue weighted by molar-refractivity contribution is 5.91. The molecule has 0 atom stereocenters. The lowest BCUT2D eigenvalue weighted by Crippen LogP contribution is -2.02. The zero-order valence-corrected chi connectivity index (χ0v) is 8.93. The number of pyridine rings is 1. The van der Waals surface area contributed by atoms with E-state index < -0.39 is 23.0 Å². The molecule has 0 unspecified atom stereocenters. The molecule has 1 heterocycles. The van der Waals surface area contributed by atoms with Gasteiger partial charge in [-0.3, -0.25) is 0 Å². The fourth-order valence-electron chi connectivity index (χ4n) is 1.61. The maximum Gasteiger partial charge on any atom is 0.185 e. The molecule has 90 valence electrons. The van der Waals surface area contributed by atoms with Crippen molar-refractivity contribution in [3.05, 3.63) is 35.3 Å². The Balaban J connectivity index is 2.81. The largest absolute Gasteiger partial charge is 0.398 e. The number of rotatable bonds is 2. The predicted octanol–water partition coefficient (Wildman–Crippen LogP) is 2.38. The van der Waals surface area contributed by atoms with Gasteiger partial charge < -0.3 is 10.5 Å². The van der Waals surface area contributed by atoms with Crippen molar-refractivity contribution in [1.29, 1.82) is 0 Å². The van der Waals surface area contributed by atoms with E-state index in [1.807, 2.05) is 0 Å². The van der Waals surface area contributed by atoms with Crippen LogP contribution in [0.25, 0.3) is 10.9 Å². The third-order valence-electron chi connectivity index (χ3n) is 2.31. The zero-order chi connectivity index (χ0) is 12.6. The monoisotopic (exact) mass is 242 g/mol. The van der Waals surface area contributed by atoms with Gasteiger partial charge in [-0.2, -0.15) is 0 Å². The van der Waals surface area contributed by atoms with Crippen LogP contribution in [0.5, 0.6) is 0 Å². The van der Waals surface area contributed by atoms with Crippen LogP contribution in [0.3, 0.4) is 0 Å². The molecule has 0 fully saturated rings. The molecule has 1 aromatic carbocycles. The number of nitrogen functional groups attached to an aromatic ring is 1. The van der Waals surface area contributed by atoms with E-state index in [1.54, 1.807) is 0 Å². The standard InChI is InChI=1S/C11H9F3N2O/c1-17-4-5-2-8(15)9-6(12)3-7(13)10(14)11(9)16-5/h2-3H,4H2,1H3,(H2,15,16). The summed E-state index contributed by atoms with van der Waals surface area (Å²) in [6.45, 7) is 0.0811. The van der Waals surface area contributed by atoms with Crippen molar-refractivity contribution in [3.63, 3.8) is 0 Å². The molecule has 0 spiro atoms. The van der Waals surface area contributed by atoms with Gasteiger partial charge in [-0.1, -0.05) is 0 Å². The Morgan fingerprint density at radius 3 is 2.59 bits per heavy atom. The van der Waals surface area contributed by atoms with Gasteiger partial charge in [0.2, 0.25) is 0 Å². The number of benzene rings is 1. The molecule has 2 rings (SSSR count). The first-order chi connectivity index (χ1) is 8.04. The highest BCUT2D eigenvalue weighted by Crippen LogP contribution is 2.27. The van der Waals surface area contributed by atoms with E-state index in [0.29, 0.717) is 11.8 Å². The lowest BCUT2D eigenvalue weighted by atomic mass is 10.1. The van der Waals surface area contributed by atoms with E-state index >= 15 is 0 Å². The average molecular weight is 242 g/mol. The Bertz CT molecular complexity index is 587. The number of fused-ring (bicyclic) bond motifs is 1. The number of ether oxygens (including phenoxy) is 1. The molecular weight excluding hydrogens is 233 g/mol. The van der Waals surface area contributed by atoms with E-state index in [0.717, 1.165) is 0 Å². The second-order valence-electron chi connectivity index (χ2n) is 3.51. The summed E-state index contributed by atoms with van der Waals surface area (Å²) in [6.07, 6.45) is 0. The van der Waals surface area contributed by atoms with Crippen LogP contribution in [-0.4, -0.2) is 12.1 Å². The van der Waals surface area contributed by atoms with Crippen LogP contribution < -0.4 is 5.73 Å². The van der Waals surface area contributed by atoms with Crippen molar-refractivity contribution in [2.24, 2.45) is 0 Å². The molecule has 17 heavy (non-hydrogen) atoms. The number of hydrogen-bond acceptors (Lipinski definition) is 3. The summed E-state index contributed by atoms with van der Waals surface area (Å²) in [5.74, 6) is -3.45. The molecule has 0 amide bonds. The van der Waals surface area contributed by atoms with Gasteiger partial charge >= 0.3 is 0 Å². The van der Waals surface area contributed by atoms with Gasteiger partial charge in [0.25, 0.3) is 0 Å². The van der Waals surface area contributed by atoms with Gasteiger partial charge in [0.15, 0.2) is 11.6 Å². The Morgan fingerprint density at radius 2 is 1.94 bits per heavy atom. The minimum Gasteiger partial charge on any atom is -0.398 e. The first-order valence-corrected chi connectivity index (χ1v) is 4.76. The van der Waals surface area contributed by atoms with Crippen LogP contribution in [-0.2, 0) is 11.3 Å². The molecule has 2 N–H and O–H groups in total. The van der Waals surface area contributed by atoms with Gasteiger partial charge in [0.1, 0.15) is 11.3 Å². The zero-order valence-electron chi connectivity index (χ0n) is 8.93. The predicted molar refractivity (Wildman–Crippen MR) is 56.7 cm³/mol. The number of methoxy groups -OCH3 is 1. The lowest BCUT2D eigenvalue weighted by Gasteiger charge is -2.08. The summed E-state index contributed by atoms with van der Waals surface area (Å²) in [5, 5.41) is -0.219. The Hall–Kier alpha value is -1.82. The molecule has 0 radical (unpaired) electrons. The third kappa shape index (κ3) is 1.91. The molecule has 0 saturated carbocycles. The van der Waals surface area contributed by atoms with Crippen LogP contribution >= 0.6 is 0 Å². The molecule has 3 nitrogen and oxygen atoms in total. The number of halogens is 3. The molecule has 0 bridgehead atoms. The Morgan fingerprint density at radius 1 is 1.24 bits per heavy atom. The van der Waals surface area contributed by atoms with Crippen molar-refractivity contribution >= 4 is 16.6 Å². The van der Waals surface area contributed by atoms with E-state index in [-0.39, 0.29) is 17.7 Å². The number of hydrogen-bond donors (Lipinski definition) is 1. The van der Waals surface area contributed by atoms with Gasteiger partial charge in [-0.25, -0.2) is 18.2 Å². The minimum atomic E-state index is -1.29. The van der Waals surface area contributed by atoms with Gasteiger partial charge in [0, 0.05) is 18.9 Å². The quantitative estimate of drug-likeness (QED) is 0.822. The van der Waals surface area contributed by atoms with Crippen molar-refractivity contribution < 1.29 is 17.9 Å². The summed E-state index contributed by atoms with van der Waals surface area (Å²) in [4.78, 5) is 3.79. The number of nitrogens with zero attached hydrogens (tertiary/aromatic N) is 1. The van der Waals surface area contributed by atoms with E-state index in [9.17, 15) is 13.2 Å². The second-order valence-corrected chi connectivity index (χ2v) is 3.51. The molecule has 6 heteroatoms. The van der Waals surface area contributed by atoms with Crippen molar-refractivity contribution in [2.45, 2.75) is 6.61 Å². The number of nitrogens with two attached hydrogens (primary N) is 1. The molecule has 0 aliphatic rings. The summed E-state index contributed by atoms with van der Waals surface area (Å²) < 4.78 is 44.8. The first-order valence-electron chi connectivity index (χ1n) is 4.76. The fourth-order valence-corrected chi connectivity index (χ4v) is 1.61. The highest BCUT2D eigenvalue weighted by Gasteiger charge is 2.16. The summed E-state index contributed by atoms with van der Waals surface area (Å²) in [7, 11) is 1.42. The first kappa shape index (κ1) is 11.7. The van der Waals surface area contributed by atoms with Crippen LogP contribution in [0.1, 0.15) is 5.69 Å². The average Bonchev–Trinajstić information content (AvgIpc) is 2.25. The van der Waals surface area contributed by atoms with Crippen LogP contribution in [0, 0.1) is 17.5 Å². The summed E-state index contributed by atoms with van der Waals surface area (Å²) in [5.41, 5.74) is 5.47. The van der Waals surface area contributed by atoms with Crippen LogP contribution in [0.4, 0.5) is 18.9 Å². The number of anilines is 1. The molecule has 1 aromatic heterocycles. The van der Waals surface area contributed by atoms with Crippen LogP contribution in [0.15, 0.2) is 12.1 Å². The highest BCUT2D eigenvalue weighted by atomic mass is 19.2. The topological polar surface area (TPSA) is 48.1 Å². The Labute approximate surface area is 95.0 Å². The lowest BCUT2D eigenvalue weighted by molar-refractivity contribution is 0.182. The second kappa shape index (κ2) is 4.21. The third-order valence-corrected chi connectivity index (χ3v) is 2.31. The molecule has 0 saturated heterocycles. The van der Waals surface area contributed by atoms with E-state index in [1.165, 1.54) is 13.2 Å². The molecule has 0 aliphatic heterocycles. The molecular formula is C11H9F3N2O. The van der Waals surface area contributed by atoms with Gasteiger partial charge in [0.05, 0.1) is 17.7 Å². The SMILES string of the molecule is COCc1cc(N)c2c(F)cc(F)c(F)c2n1. The maximum absolute atomic E-state index is 13.5.